The quantitative estimate of drug-likeness (QED) is 0.275. The zero-order chi connectivity index (χ0) is 23.0. The summed E-state index contributed by atoms with van der Waals surface area (Å²) in [7, 11) is 0. The zero-order valence-corrected chi connectivity index (χ0v) is 21.9. The van der Waals surface area contributed by atoms with Crippen molar-refractivity contribution >= 4 is 41.8 Å². The lowest BCUT2D eigenvalue weighted by Gasteiger charge is -2.27. The molecule has 178 valence electrons. The van der Waals surface area contributed by atoms with E-state index >= 15 is 0 Å². The third-order valence-electron chi connectivity index (χ3n) is 5.54. The number of carbonyl (C=O) groups is 2. The molecule has 0 bridgehead atoms. The van der Waals surface area contributed by atoms with E-state index in [1.807, 2.05) is 25.1 Å². The Morgan fingerprint density at radius 2 is 1.79 bits per heavy atom. The molecular formula is C25H34IN5O2. The number of rotatable bonds is 7. The van der Waals surface area contributed by atoms with Gasteiger partial charge in [0.1, 0.15) is 0 Å². The molecule has 0 aliphatic carbocycles. The highest BCUT2D eigenvalue weighted by atomic mass is 127. The predicted octanol–water partition coefficient (Wildman–Crippen LogP) is 2.91. The first-order valence-corrected chi connectivity index (χ1v) is 11.1. The summed E-state index contributed by atoms with van der Waals surface area (Å²) in [6.45, 7) is 9.63. The molecule has 1 saturated heterocycles. The van der Waals surface area contributed by atoms with E-state index in [1.54, 1.807) is 17.0 Å². The van der Waals surface area contributed by atoms with Gasteiger partial charge in [-0.1, -0.05) is 56.3 Å². The molecule has 2 amide bonds. The molecule has 7 nitrogen and oxygen atoms in total. The summed E-state index contributed by atoms with van der Waals surface area (Å²) in [4.78, 5) is 30.4. The van der Waals surface area contributed by atoms with Gasteiger partial charge >= 0.3 is 0 Å². The summed E-state index contributed by atoms with van der Waals surface area (Å²) < 4.78 is 0. The summed E-state index contributed by atoms with van der Waals surface area (Å²) >= 11 is 0. The van der Waals surface area contributed by atoms with Gasteiger partial charge < -0.3 is 20.9 Å². The molecule has 1 heterocycles. The van der Waals surface area contributed by atoms with Gasteiger partial charge in [-0.2, -0.15) is 0 Å². The van der Waals surface area contributed by atoms with Crippen molar-refractivity contribution < 1.29 is 9.59 Å². The molecule has 3 N–H and O–H groups in total. The molecular weight excluding hydrogens is 529 g/mol. The first-order chi connectivity index (χ1) is 15.4. The van der Waals surface area contributed by atoms with Crippen molar-refractivity contribution in [2.45, 2.75) is 32.7 Å². The Morgan fingerprint density at radius 3 is 2.42 bits per heavy atom. The predicted molar refractivity (Wildman–Crippen MR) is 143 cm³/mol. The number of guanidine groups is 1. The van der Waals surface area contributed by atoms with E-state index in [0.717, 1.165) is 24.6 Å². The number of amides is 2. The van der Waals surface area contributed by atoms with Gasteiger partial charge in [0.25, 0.3) is 5.91 Å². The molecule has 0 unspecified atom stereocenters. The maximum Gasteiger partial charge on any atom is 0.254 e. The highest BCUT2D eigenvalue weighted by Crippen LogP contribution is 2.21. The highest BCUT2D eigenvalue weighted by molar-refractivity contribution is 14.0. The fourth-order valence-corrected chi connectivity index (χ4v) is 3.56. The second kappa shape index (κ2) is 12.6. The van der Waals surface area contributed by atoms with Gasteiger partial charge in [0.15, 0.2) is 5.96 Å². The minimum atomic E-state index is -0.118. The van der Waals surface area contributed by atoms with Crippen molar-refractivity contribution in [3.05, 3.63) is 71.3 Å². The van der Waals surface area contributed by atoms with Crippen molar-refractivity contribution in [1.29, 1.82) is 0 Å². The number of nitrogens with one attached hydrogen (secondary N) is 3. The SMILES string of the molecule is CCNC(=NCc1ccc(C(=O)N2CCNC(=O)C2)cc1)NCC(C)(C)c1ccccc1.I. The number of piperazine rings is 1. The average molecular weight is 563 g/mol. The van der Waals surface area contributed by atoms with Crippen LogP contribution in [-0.2, 0) is 16.8 Å². The van der Waals surface area contributed by atoms with Crippen molar-refractivity contribution in [3.8, 4) is 0 Å². The van der Waals surface area contributed by atoms with Crippen LogP contribution in [0.4, 0.5) is 0 Å². The van der Waals surface area contributed by atoms with Crippen LogP contribution in [0.15, 0.2) is 59.6 Å². The Labute approximate surface area is 213 Å². The molecule has 0 spiro atoms. The Kier molecular flexibility index (Phi) is 10.1. The van der Waals surface area contributed by atoms with Crippen LogP contribution in [0.2, 0.25) is 0 Å². The minimum Gasteiger partial charge on any atom is -0.357 e. The standard InChI is InChI=1S/C25H33N5O2.HI/c1-4-26-24(29-18-25(2,3)21-8-6-5-7-9-21)28-16-19-10-12-20(13-11-19)23(32)30-15-14-27-22(31)17-30;/h5-13H,4,14-18H2,1-3H3,(H,27,31)(H2,26,28,29);1H. The molecule has 1 aliphatic heterocycles. The summed E-state index contributed by atoms with van der Waals surface area (Å²) in [6.07, 6.45) is 0. The van der Waals surface area contributed by atoms with E-state index < -0.39 is 0 Å². The number of aliphatic imine (C=N–C) groups is 1. The largest absolute Gasteiger partial charge is 0.357 e. The van der Waals surface area contributed by atoms with Gasteiger partial charge in [-0.3, -0.25) is 9.59 Å². The van der Waals surface area contributed by atoms with E-state index in [1.165, 1.54) is 5.56 Å². The topological polar surface area (TPSA) is 85.8 Å². The number of hydrogen-bond acceptors (Lipinski definition) is 3. The molecule has 2 aromatic carbocycles. The van der Waals surface area contributed by atoms with E-state index in [2.05, 4.69) is 54.1 Å². The van der Waals surface area contributed by atoms with Crippen molar-refractivity contribution in [2.75, 3.05) is 32.7 Å². The fraction of sp³-hybridized carbons (Fsp3) is 0.400. The average Bonchev–Trinajstić information content (AvgIpc) is 2.81. The van der Waals surface area contributed by atoms with Gasteiger partial charge in [-0.25, -0.2) is 4.99 Å². The first kappa shape index (κ1) is 26.6. The smallest absolute Gasteiger partial charge is 0.254 e. The molecule has 0 atom stereocenters. The van der Waals surface area contributed by atoms with Gasteiger partial charge in [0.2, 0.25) is 5.91 Å². The summed E-state index contributed by atoms with van der Waals surface area (Å²) in [5.74, 6) is 0.526. The lowest BCUT2D eigenvalue weighted by atomic mass is 9.85. The third-order valence-corrected chi connectivity index (χ3v) is 5.54. The van der Waals surface area contributed by atoms with Crippen LogP contribution in [-0.4, -0.2) is 55.4 Å². The van der Waals surface area contributed by atoms with Crippen LogP contribution >= 0.6 is 24.0 Å². The van der Waals surface area contributed by atoms with Crippen LogP contribution < -0.4 is 16.0 Å². The van der Waals surface area contributed by atoms with E-state index in [4.69, 9.17) is 4.99 Å². The molecule has 2 aromatic rings. The Morgan fingerprint density at radius 1 is 1.09 bits per heavy atom. The monoisotopic (exact) mass is 563 g/mol. The van der Waals surface area contributed by atoms with Crippen LogP contribution in [0, 0.1) is 0 Å². The summed E-state index contributed by atoms with van der Waals surface area (Å²) in [6, 6.07) is 17.9. The molecule has 8 heteroatoms. The molecule has 0 radical (unpaired) electrons. The molecule has 1 fully saturated rings. The van der Waals surface area contributed by atoms with Crippen LogP contribution in [0.5, 0.6) is 0 Å². The van der Waals surface area contributed by atoms with Gasteiger partial charge in [-0.15, -0.1) is 24.0 Å². The maximum absolute atomic E-state index is 12.6. The summed E-state index contributed by atoms with van der Waals surface area (Å²) in [5, 5.41) is 9.47. The van der Waals surface area contributed by atoms with Crippen LogP contribution in [0.1, 0.15) is 42.3 Å². The highest BCUT2D eigenvalue weighted by Gasteiger charge is 2.22. The lowest BCUT2D eigenvalue weighted by Crippen LogP contribution is -2.49. The molecule has 0 saturated carbocycles. The lowest BCUT2D eigenvalue weighted by molar-refractivity contribution is -0.123. The van der Waals surface area contributed by atoms with Crippen molar-refractivity contribution in [2.24, 2.45) is 4.99 Å². The van der Waals surface area contributed by atoms with Crippen molar-refractivity contribution in [1.82, 2.24) is 20.9 Å². The Balaban J connectivity index is 0.00000385. The minimum absolute atomic E-state index is 0. The number of nitrogens with zero attached hydrogens (tertiary/aromatic N) is 2. The molecule has 3 rings (SSSR count). The number of hydrogen-bond donors (Lipinski definition) is 3. The van der Waals surface area contributed by atoms with Gasteiger partial charge in [0, 0.05) is 37.2 Å². The zero-order valence-electron chi connectivity index (χ0n) is 19.6. The maximum atomic E-state index is 12.6. The Hall–Kier alpha value is -2.62. The second-order valence-corrected chi connectivity index (χ2v) is 8.57. The number of carbonyl (C=O) groups excluding carboxylic acids is 2. The summed E-state index contributed by atoms with van der Waals surface area (Å²) in [5.41, 5.74) is 2.83. The number of benzene rings is 2. The normalized spacial score (nSPS) is 14.2. The van der Waals surface area contributed by atoms with E-state index in [-0.39, 0.29) is 47.8 Å². The van der Waals surface area contributed by atoms with Crippen molar-refractivity contribution in [3.63, 3.8) is 0 Å². The van der Waals surface area contributed by atoms with Crippen LogP contribution in [0.3, 0.4) is 0 Å². The molecule has 33 heavy (non-hydrogen) atoms. The van der Waals surface area contributed by atoms with E-state index in [0.29, 0.717) is 25.2 Å². The Bertz CT molecular complexity index is 945. The van der Waals surface area contributed by atoms with Crippen LogP contribution in [0.25, 0.3) is 0 Å². The second-order valence-electron chi connectivity index (χ2n) is 8.57. The molecule has 0 aromatic heterocycles. The third kappa shape index (κ3) is 7.73. The van der Waals surface area contributed by atoms with Gasteiger partial charge in [0.05, 0.1) is 13.1 Å². The molecule has 1 aliphatic rings. The van der Waals surface area contributed by atoms with E-state index in [9.17, 15) is 9.59 Å². The van der Waals surface area contributed by atoms with Gasteiger partial charge in [-0.05, 0) is 30.2 Å². The number of halogens is 1. The fourth-order valence-electron chi connectivity index (χ4n) is 3.56. The first-order valence-electron chi connectivity index (χ1n) is 11.1.